The molecule has 0 aliphatic carbocycles. The van der Waals surface area contributed by atoms with Crippen LogP contribution in [0.2, 0.25) is 0 Å². The minimum absolute atomic E-state index is 0.279. The van der Waals surface area contributed by atoms with Crippen molar-refractivity contribution in [3.8, 4) is 0 Å². The number of hydrogen-bond donors (Lipinski definition) is 1. The Morgan fingerprint density at radius 2 is 2.27 bits per heavy atom. The van der Waals surface area contributed by atoms with E-state index in [1.807, 2.05) is 0 Å². The van der Waals surface area contributed by atoms with Gasteiger partial charge in [0.2, 0.25) is 5.91 Å². The molecule has 0 aromatic carbocycles. The molecule has 0 radical (unpaired) electrons. The van der Waals surface area contributed by atoms with Crippen LogP contribution in [0, 0.1) is 0 Å². The molecule has 0 aliphatic heterocycles. The van der Waals surface area contributed by atoms with Crippen LogP contribution in [0.25, 0.3) is 0 Å². The summed E-state index contributed by atoms with van der Waals surface area (Å²) in [4.78, 5) is 19.5. The molecule has 0 saturated carbocycles. The van der Waals surface area contributed by atoms with Crippen LogP contribution in [0.5, 0.6) is 0 Å². The van der Waals surface area contributed by atoms with Crippen LogP contribution >= 0.6 is 0 Å². The number of rotatable bonds is 4. The van der Waals surface area contributed by atoms with Crippen molar-refractivity contribution in [2.75, 3.05) is 19.1 Å². The second-order valence-electron chi connectivity index (χ2n) is 3.36. The first-order valence-electron chi connectivity index (χ1n) is 4.28. The molecule has 1 heterocycles. The van der Waals surface area contributed by atoms with Crippen LogP contribution in [0.3, 0.4) is 0 Å². The molecule has 0 saturated heterocycles. The molecule has 0 aliphatic rings. The van der Waals surface area contributed by atoms with Gasteiger partial charge in [-0.1, -0.05) is 0 Å². The Morgan fingerprint density at radius 1 is 1.60 bits per heavy atom. The Bertz CT molecular complexity index is 424. The fourth-order valence-electron chi connectivity index (χ4n) is 1.03. The van der Waals surface area contributed by atoms with Gasteiger partial charge >= 0.3 is 0 Å². The van der Waals surface area contributed by atoms with Gasteiger partial charge in [-0.05, 0) is 0 Å². The van der Waals surface area contributed by atoms with Crippen molar-refractivity contribution in [3.05, 3.63) is 18.2 Å². The number of imidazole rings is 1. The number of aromatic amines is 1. The molecule has 0 bridgehead atoms. The highest BCUT2D eigenvalue weighted by Gasteiger charge is 2.15. The van der Waals surface area contributed by atoms with Gasteiger partial charge in [-0.2, -0.15) is 0 Å². The van der Waals surface area contributed by atoms with E-state index < -0.39 is 21.5 Å². The summed E-state index contributed by atoms with van der Waals surface area (Å²) in [5, 5.41) is 0. The van der Waals surface area contributed by atoms with Gasteiger partial charge in [-0.15, -0.1) is 0 Å². The van der Waals surface area contributed by atoms with Gasteiger partial charge in [0.25, 0.3) is 0 Å². The van der Waals surface area contributed by atoms with Gasteiger partial charge in [0, 0.05) is 25.7 Å². The first-order valence-corrected chi connectivity index (χ1v) is 6.34. The molecule has 1 amide bonds. The number of sulfone groups is 1. The Kier molecular flexibility index (Phi) is 3.46. The van der Waals surface area contributed by atoms with E-state index in [2.05, 4.69) is 9.97 Å². The number of H-pyrrole nitrogens is 1. The minimum atomic E-state index is -3.27. The van der Waals surface area contributed by atoms with Crippen LogP contribution in [-0.2, 0) is 21.2 Å². The van der Waals surface area contributed by atoms with Gasteiger partial charge < -0.3 is 9.88 Å². The number of carbonyl (C=O) groups excluding carboxylic acids is 1. The van der Waals surface area contributed by atoms with E-state index >= 15 is 0 Å². The fourth-order valence-corrected chi connectivity index (χ4v) is 1.70. The molecular weight excluding hydrogens is 218 g/mol. The van der Waals surface area contributed by atoms with Crippen molar-refractivity contribution in [2.45, 2.75) is 6.54 Å². The summed E-state index contributed by atoms with van der Waals surface area (Å²) in [5.41, 5.74) is 0. The third-order valence-electron chi connectivity index (χ3n) is 1.75. The van der Waals surface area contributed by atoms with Gasteiger partial charge in [-0.3, -0.25) is 4.79 Å². The Hall–Kier alpha value is -1.37. The predicted molar refractivity (Wildman–Crippen MR) is 54.8 cm³/mol. The molecule has 1 aromatic rings. The summed E-state index contributed by atoms with van der Waals surface area (Å²) in [7, 11) is -1.73. The van der Waals surface area contributed by atoms with Crippen LogP contribution in [0.1, 0.15) is 5.82 Å². The van der Waals surface area contributed by atoms with Crippen molar-refractivity contribution in [1.82, 2.24) is 14.9 Å². The van der Waals surface area contributed by atoms with E-state index in [1.54, 1.807) is 12.4 Å². The summed E-state index contributed by atoms with van der Waals surface area (Å²) >= 11 is 0. The molecule has 15 heavy (non-hydrogen) atoms. The zero-order valence-corrected chi connectivity index (χ0v) is 9.41. The normalized spacial score (nSPS) is 11.3. The molecule has 0 unspecified atom stereocenters. The molecule has 6 nitrogen and oxygen atoms in total. The Balaban J connectivity index is 2.54. The fraction of sp³-hybridized carbons (Fsp3) is 0.500. The summed E-state index contributed by atoms with van der Waals surface area (Å²) in [6, 6.07) is 0. The number of carbonyl (C=O) groups is 1. The van der Waals surface area contributed by atoms with E-state index in [4.69, 9.17) is 0 Å². The van der Waals surface area contributed by atoms with Crippen LogP contribution < -0.4 is 0 Å². The summed E-state index contributed by atoms with van der Waals surface area (Å²) < 4.78 is 21.8. The molecule has 0 atom stereocenters. The molecule has 0 fully saturated rings. The molecule has 1 N–H and O–H groups in total. The zero-order chi connectivity index (χ0) is 11.5. The highest BCUT2D eigenvalue weighted by atomic mass is 32.2. The number of nitrogens with zero attached hydrogens (tertiary/aromatic N) is 2. The number of nitrogens with one attached hydrogen (secondary N) is 1. The second kappa shape index (κ2) is 4.43. The highest BCUT2D eigenvalue weighted by Crippen LogP contribution is 1.97. The van der Waals surface area contributed by atoms with E-state index in [1.165, 1.54) is 11.9 Å². The minimum Gasteiger partial charge on any atom is -0.347 e. The lowest BCUT2D eigenvalue weighted by molar-refractivity contribution is -0.127. The molecular formula is C8H13N3O3S. The third-order valence-corrected chi connectivity index (χ3v) is 2.52. The first-order chi connectivity index (χ1) is 6.88. The van der Waals surface area contributed by atoms with E-state index in [9.17, 15) is 13.2 Å². The third kappa shape index (κ3) is 4.11. The average Bonchev–Trinajstić information content (AvgIpc) is 2.53. The maximum Gasteiger partial charge on any atom is 0.237 e. The lowest BCUT2D eigenvalue weighted by Crippen LogP contribution is -2.32. The highest BCUT2D eigenvalue weighted by molar-refractivity contribution is 7.91. The summed E-state index contributed by atoms with van der Waals surface area (Å²) in [6.07, 6.45) is 4.25. The maximum absolute atomic E-state index is 11.4. The average molecular weight is 231 g/mol. The predicted octanol–water partition coefficient (Wildman–Crippen LogP) is -0.587. The van der Waals surface area contributed by atoms with E-state index in [0.29, 0.717) is 5.82 Å². The molecule has 0 spiro atoms. The van der Waals surface area contributed by atoms with Gasteiger partial charge in [0.05, 0.1) is 6.54 Å². The van der Waals surface area contributed by atoms with Crippen molar-refractivity contribution >= 4 is 15.7 Å². The standard InChI is InChI=1S/C8H13N3O3S/c1-11(5-7-9-3-4-10-7)8(12)6-15(2,13)14/h3-4H,5-6H2,1-2H3,(H,9,10). The van der Waals surface area contributed by atoms with Crippen LogP contribution in [-0.4, -0.2) is 48.2 Å². The van der Waals surface area contributed by atoms with Gasteiger partial charge in [-0.25, -0.2) is 13.4 Å². The van der Waals surface area contributed by atoms with Crippen molar-refractivity contribution in [1.29, 1.82) is 0 Å². The number of hydrogen-bond acceptors (Lipinski definition) is 4. The summed E-state index contributed by atoms with van der Waals surface area (Å²) in [5.74, 6) is -0.280. The quantitative estimate of drug-likeness (QED) is 0.751. The topological polar surface area (TPSA) is 83.1 Å². The first kappa shape index (κ1) is 11.7. The smallest absolute Gasteiger partial charge is 0.237 e. The van der Waals surface area contributed by atoms with Crippen molar-refractivity contribution < 1.29 is 13.2 Å². The zero-order valence-electron chi connectivity index (χ0n) is 8.60. The second-order valence-corrected chi connectivity index (χ2v) is 5.50. The Morgan fingerprint density at radius 3 is 2.73 bits per heavy atom. The van der Waals surface area contributed by atoms with Crippen LogP contribution in [0.15, 0.2) is 12.4 Å². The molecule has 84 valence electrons. The van der Waals surface area contributed by atoms with Crippen LogP contribution in [0.4, 0.5) is 0 Å². The maximum atomic E-state index is 11.4. The van der Waals surface area contributed by atoms with Gasteiger partial charge in [0.15, 0.2) is 9.84 Å². The monoisotopic (exact) mass is 231 g/mol. The van der Waals surface area contributed by atoms with E-state index in [0.717, 1.165) is 6.26 Å². The van der Waals surface area contributed by atoms with Gasteiger partial charge in [0.1, 0.15) is 11.6 Å². The largest absolute Gasteiger partial charge is 0.347 e. The Labute approximate surface area is 88.2 Å². The van der Waals surface area contributed by atoms with E-state index in [-0.39, 0.29) is 6.54 Å². The lowest BCUT2D eigenvalue weighted by atomic mass is 10.5. The number of aromatic nitrogens is 2. The number of amides is 1. The molecule has 1 aromatic heterocycles. The van der Waals surface area contributed by atoms with Crippen molar-refractivity contribution in [2.24, 2.45) is 0 Å². The molecule has 7 heteroatoms. The summed E-state index contributed by atoms with van der Waals surface area (Å²) in [6.45, 7) is 0.279. The van der Waals surface area contributed by atoms with Crippen molar-refractivity contribution in [3.63, 3.8) is 0 Å². The molecule has 1 rings (SSSR count). The lowest BCUT2D eigenvalue weighted by Gasteiger charge is -2.14. The SMILES string of the molecule is CN(Cc1ncc[nH]1)C(=O)CS(C)(=O)=O.